The van der Waals surface area contributed by atoms with Crippen LogP contribution in [0.5, 0.6) is 0 Å². The van der Waals surface area contributed by atoms with Gasteiger partial charge in [-0.2, -0.15) is 0 Å². The molecule has 2 amide bonds. The summed E-state index contributed by atoms with van der Waals surface area (Å²) in [5.41, 5.74) is 1.51. The number of nitrogens with one attached hydrogen (secondary N) is 2. The van der Waals surface area contributed by atoms with Gasteiger partial charge in [-0.3, -0.25) is 9.59 Å². The number of esters is 1. The van der Waals surface area contributed by atoms with Crippen LogP contribution in [0.3, 0.4) is 0 Å². The highest BCUT2D eigenvalue weighted by molar-refractivity contribution is 6.03. The lowest BCUT2D eigenvalue weighted by atomic mass is 9.86. The number of hydrogen-bond acceptors (Lipinski definition) is 5. The molecule has 154 valence electrons. The number of hydrogen-bond donors (Lipinski definition) is 2. The van der Waals surface area contributed by atoms with Gasteiger partial charge in [-0.25, -0.2) is 4.79 Å². The Hall–Kier alpha value is -3.09. The van der Waals surface area contributed by atoms with Gasteiger partial charge in [-0.05, 0) is 55.5 Å². The normalized spacial score (nSPS) is 18.7. The molecule has 1 aliphatic carbocycles. The quantitative estimate of drug-likeness (QED) is 0.723. The number of benzene rings is 1. The second kappa shape index (κ2) is 9.41. The summed E-state index contributed by atoms with van der Waals surface area (Å²) in [6, 6.07) is 8.14. The van der Waals surface area contributed by atoms with Gasteiger partial charge in [0.2, 0.25) is 0 Å². The Kier molecular flexibility index (Phi) is 6.69. The molecule has 0 aliphatic heterocycles. The molecule has 7 nitrogen and oxygen atoms in total. The van der Waals surface area contributed by atoms with E-state index >= 15 is 0 Å². The van der Waals surface area contributed by atoms with Crippen LogP contribution in [0, 0.1) is 12.8 Å². The number of carbonyl (C=O) groups excluding carboxylic acids is 3. The maximum Gasteiger partial charge on any atom is 0.338 e. The second-order valence-electron chi connectivity index (χ2n) is 7.47. The van der Waals surface area contributed by atoms with Crippen LogP contribution in [0.25, 0.3) is 0 Å². The minimum Gasteiger partial charge on any atom is -0.459 e. The zero-order valence-corrected chi connectivity index (χ0v) is 16.7. The zero-order valence-electron chi connectivity index (χ0n) is 16.7. The Morgan fingerprint density at radius 2 is 1.97 bits per heavy atom. The van der Waals surface area contributed by atoms with E-state index < -0.39 is 11.9 Å². The fourth-order valence-corrected chi connectivity index (χ4v) is 3.47. The molecule has 1 aliphatic rings. The summed E-state index contributed by atoms with van der Waals surface area (Å²) >= 11 is 0. The summed E-state index contributed by atoms with van der Waals surface area (Å²) in [4.78, 5) is 36.7. The van der Waals surface area contributed by atoms with E-state index in [-0.39, 0.29) is 29.9 Å². The predicted molar refractivity (Wildman–Crippen MR) is 108 cm³/mol. The molecule has 1 aromatic heterocycles. The van der Waals surface area contributed by atoms with Crippen LogP contribution in [-0.2, 0) is 9.53 Å². The van der Waals surface area contributed by atoms with Crippen LogP contribution in [-0.4, -0.2) is 30.4 Å². The Balaban J connectivity index is 1.56. The van der Waals surface area contributed by atoms with Crippen molar-refractivity contribution < 1.29 is 23.5 Å². The lowest BCUT2D eigenvalue weighted by Crippen LogP contribution is -2.42. The largest absolute Gasteiger partial charge is 0.459 e. The molecular weight excluding hydrogens is 372 g/mol. The summed E-state index contributed by atoms with van der Waals surface area (Å²) in [7, 11) is 0. The van der Waals surface area contributed by atoms with Gasteiger partial charge >= 0.3 is 5.97 Å². The molecule has 2 N–H and O–H groups in total. The fraction of sp³-hybridized carbons (Fsp3) is 0.409. The number of anilines is 1. The Morgan fingerprint density at radius 3 is 2.69 bits per heavy atom. The van der Waals surface area contributed by atoms with Gasteiger partial charge in [0.1, 0.15) is 0 Å². The highest BCUT2D eigenvalue weighted by Crippen LogP contribution is 2.23. The highest BCUT2D eigenvalue weighted by atomic mass is 16.5. The van der Waals surface area contributed by atoms with Crippen molar-refractivity contribution in [3.8, 4) is 0 Å². The first-order valence-corrected chi connectivity index (χ1v) is 9.86. The van der Waals surface area contributed by atoms with Crippen molar-refractivity contribution in [2.45, 2.75) is 45.6 Å². The summed E-state index contributed by atoms with van der Waals surface area (Å²) in [5.74, 6) is -0.725. The Labute approximate surface area is 169 Å². The molecule has 1 aromatic carbocycles. The summed E-state index contributed by atoms with van der Waals surface area (Å²) in [5, 5.41) is 5.67. The number of rotatable bonds is 6. The Bertz CT molecular complexity index is 875. The molecule has 0 saturated heterocycles. The van der Waals surface area contributed by atoms with E-state index in [0.717, 1.165) is 24.8 Å². The molecule has 3 rings (SSSR count). The third kappa shape index (κ3) is 5.47. The molecule has 2 aromatic rings. The molecule has 1 fully saturated rings. The van der Waals surface area contributed by atoms with Gasteiger partial charge in [-0.1, -0.05) is 25.8 Å². The minimum atomic E-state index is -0.620. The van der Waals surface area contributed by atoms with Crippen molar-refractivity contribution in [1.29, 1.82) is 0 Å². The van der Waals surface area contributed by atoms with Gasteiger partial charge in [0.05, 0.1) is 11.8 Å². The number of ether oxygens (including phenoxy) is 1. The summed E-state index contributed by atoms with van der Waals surface area (Å²) in [6.45, 7) is 3.61. The first-order chi connectivity index (χ1) is 13.9. The smallest absolute Gasteiger partial charge is 0.338 e. The maximum absolute atomic E-state index is 12.4. The monoisotopic (exact) mass is 398 g/mol. The van der Waals surface area contributed by atoms with Crippen molar-refractivity contribution in [3.05, 3.63) is 53.5 Å². The molecule has 0 unspecified atom stereocenters. The third-order valence-corrected chi connectivity index (χ3v) is 5.26. The first kappa shape index (κ1) is 20.6. The van der Waals surface area contributed by atoms with E-state index in [1.165, 1.54) is 18.8 Å². The average Bonchev–Trinajstić information content (AvgIpc) is 3.24. The van der Waals surface area contributed by atoms with E-state index in [1.54, 1.807) is 24.3 Å². The average molecular weight is 398 g/mol. The number of furan rings is 1. The number of carbonyl (C=O) groups is 3. The van der Waals surface area contributed by atoms with Crippen molar-refractivity contribution in [1.82, 2.24) is 5.32 Å². The molecular formula is C22H26N2O5. The van der Waals surface area contributed by atoms with Crippen molar-refractivity contribution in [3.63, 3.8) is 0 Å². The van der Waals surface area contributed by atoms with Crippen molar-refractivity contribution >= 4 is 23.5 Å². The second-order valence-corrected chi connectivity index (χ2v) is 7.47. The molecule has 2 atom stereocenters. The fourth-order valence-electron chi connectivity index (χ4n) is 3.47. The van der Waals surface area contributed by atoms with Crippen LogP contribution >= 0.6 is 0 Å². The lowest BCUT2D eigenvalue weighted by Gasteiger charge is -2.29. The number of amides is 2. The first-order valence-electron chi connectivity index (χ1n) is 9.86. The molecule has 0 spiro atoms. The van der Waals surface area contributed by atoms with Gasteiger partial charge < -0.3 is 19.8 Å². The zero-order chi connectivity index (χ0) is 20.8. The molecule has 0 bridgehead atoms. The van der Waals surface area contributed by atoms with Crippen LogP contribution in [0.4, 0.5) is 5.69 Å². The van der Waals surface area contributed by atoms with E-state index in [1.807, 2.05) is 6.92 Å². The van der Waals surface area contributed by atoms with Crippen LogP contribution in [0.1, 0.15) is 59.1 Å². The molecule has 1 saturated carbocycles. The third-order valence-electron chi connectivity index (χ3n) is 5.26. The summed E-state index contributed by atoms with van der Waals surface area (Å²) in [6.07, 6.45) is 5.76. The van der Waals surface area contributed by atoms with Crippen molar-refractivity contribution in [2.24, 2.45) is 5.92 Å². The van der Waals surface area contributed by atoms with Crippen LogP contribution in [0.2, 0.25) is 0 Å². The van der Waals surface area contributed by atoms with E-state index in [2.05, 4.69) is 17.6 Å². The topological polar surface area (TPSA) is 97.6 Å². The lowest BCUT2D eigenvalue weighted by molar-refractivity contribution is -0.125. The standard InChI is InChI=1S/C22H26N2O5/c1-14-6-3-4-7-17(14)23-20(25)13-29-22(27)16-10-9-15(2)18(12-16)24-21(26)19-8-5-11-28-19/h5,8-12,14,17H,3-4,6-7,13H2,1-2H3,(H,23,25)(H,24,26)/t14-,17-/m0/s1. The van der Waals surface area contributed by atoms with Gasteiger partial charge in [0, 0.05) is 11.7 Å². The summed E-state index contributed by atoms with van der Waals surface area (Å²) < 4.78 is 10.2. The Morgan fingerprint density at radius 1 is 1.17 bits per heavy atom. The molecule has 0 radical (unpaired) electrons. The van der Waals surface area contributed by atoms with Gasteiger partial charge in [-0.15, -0.1) is 0 Å². The SMILES string of the molecule is Cc1ccc(C(=O)OCC(=O)N[C@H]2CCCC[C@@H]2C)cc1NC(=O)c1ccco1. The number of aryl methyl sites for hydroxylation is 1. The van der Waals surface area contributed by atoms with Crippen LogP contribution < -0.4 is 10.6 Å². The van der Waals surface area contributed by atoms with E-state index in [0.29, 0.717) is 11.6 Å². The van der Waals surface area contributed by atoms with E-state index in [9.17, 15) is 14.4 Å². The minimum absolute atomic E-state index is 0.137. The molecule has 29 heavy (non-hydrogen) atoms. The predicted octanol–water partition coefficient (Wildman–Crippen LogP) is 3.69. The van der Waals surface area contributed by atoms with Crippen LogP contribution in [0.15, 0.2) is 41.0 Å². The van der Waals surface area contributed by atoms with Gasteiger partial charge in [0.25, 0.3) is 11.8 Å². The van der Waals surface area contributed by atoms with Gasteiger partial charge in [0.15, 0.2) is 12.4 Å². The maximum atomic E-state index is 12.4. The highest BCUT2D eigenvalue weighted by Gasteiger charge is 2.23. The van der Waals surface area contributed by atoms with Crippen molar-refractivity contribution in [2.75, 3.05) is 11.9 Å². The molecule has 7 heteroatoms. The van der Waals surface area contributed by atoms with E-state index in [4.69, 9.17) is 9.15 Å². The molecule has 1 heterocycles.